The summed E-state index contributed by atoms with van der Waals surface area (Å²) in [6.07, 6.45) is 3.96. The van der Waals surface area contributed by atoms with E-state index in [0.29, 0.717) is 0 Å². The van der Waals surface area contributed by atoms with Gasteiger partial charge in [-0.05, 0) is 37.6 Å². The maximum absolute atomic E-state index is 13.1. The third-order valence-corrected chi connectivity index (χ3v) is 5.23. The van der Waals surface area contributed by atoms with Gasteiger partial charge in [0.1, 0.15) is 10.7 Å². The van der Waals surface area contributed by atoms with Crippen molar-refractivity contribution in [3.05, 3.63) is 46.9 Å². The molecule has 0 bridgehead atoms. The molecule has 3 aromatic rings. The first-order chi connectivity index (χ1) is 11.5. The molecule has 0 spiro atoms. The van der Waals surface area contributed by atoms with Crippen molar-refractivity contribution in [3.63, 3.8) is 0 Å². The van der Waals surface area contributed by atoms with E-state index in [9.17, 15) is 9.18 Å². The first kappa shape index (κ1) is 16.6. The van der Waals surface area contributed by atoms with Crippen LogP contribution in [0.4, 0.5) is 4.39 Å². The molecule has 0 saturated carbocycles. The van der Waals surface area contributed by atoms with Crippen LogP contribution in [0.1, 0.15) is 35.1 Å². The number of thiazole rings is 1. The fraction of sp³-hybridized carbons (Fsp3) is 0.333. The normalized spacial score (nSPS) is 11.2. The summed E-state index contributed by atoms with van der Waals surface area (Å²) in [5.74, 6) is -0.223. The van der Waals surface area contributed by atoms with E-state index in [1.165, 1.54) is 23.5 Å². The number of imidazole rings is 1. The Labute approximate surface area is 144 Å². The molecule has 3 rings (SSSR count). The number of hydrogen-bond acceptors (Lipinski definition) is 3. The fourth-order valence-electron chi connectivity index (χ4n) is 2.58. The Morgan fingerprint density at radius 3 is 2.67 bits per heavy atom. The van der Waals surface area contributed by atoms with Crippen LogP contribution in [0.15, 0.2) is 30.5 Å². The minimum Gasteiger partial charge on any atom is -0.341 e. The summed E-state index contributed by atoms with van der Waals surface area (Å²) in [5.41, 5.74) is 2.53. The molecule has 2 aromatic heterocycles. The molecule has 0 aliphatic carbocycles. The van der Waals surface area contributed by atoms with Crippen LogP contribution in [0, 0.1) is 12.7 Å². The number of fused-ring (bicyclic) bond motifs is 1. The number of hydrogen-bond donors (Lipinski definition) is 0. The molecule has 1 amide bonds. The van der Waals surface area contributed by atoms with Crippen molar-refractivity contribution in [2.24, 2.45) is 0 Å². The summed E-state index contributed by atoms with van der Waals surface area (Å²) in [5, 5.41) is 0. The minimum absolute atomic E-state index is 0.0415. The Hall–Kier alpha value is -2.21. The monoisotopic (exact) mass is 345 g/mol. The van der Waals surface area contributed by atoms with E-state index in [-0.39, 0.29) is 11.7 Å². The Balaban J connectivity index is 1.91. The van der Waals surface area contributed by atoms with E-state index in [1.807, 2.05) is 24.6 Å². The molecule has 0 N–H and O–H groups in total. The zero-order valence-corrected chi connectivity index (χ0v) is 14.9. The minimum atomic E-state index is -0.265. The average molecular weight is 345 g/mol. The van der Waals surface area contributed by atoms with Crippen LogP contribution >= 0.6 is 11.3 Å². The summed E-state index contributed by atoms with van der Waals surface area (Å²) >= 11 is 1.40. The molecule has 24 heavy (non-hydrogen) atoms. The molecule has 2 heterocycles. The van der Waals surface area contributed by atoms with Crippen molar-refractivity contribution >= 4 is 22.2 Å². The van der Waals surface area contributed by atoms with E-state index in [1.54, 1.807) is 17.0 Å². The number of aryl methyl sites for hydroxylation is 1. The van der Waals surface area contributed by atoms with Gasteiger partial charge < -0.3 is 4.90 Å². The highest BCUT2D eigenvalue weighted by molar-refractivity contribution is 7.19. The lowest BCUT2D eigenvalue weighted by Crippen LogP contribution is -2.27. The number of rotatable bonds is 5. The number of benzene rings is 1. The summed E-state index contributed by atoms with van der Waals surface area (Å²) < 4.78 is 15.0. The molecule has 0 atom stereocenters. The maximum atomic E-state index is 13.1. The topological polar surface area (TPSA) is 37.6 Å². The molecule has 1 aromatic carbocycles. The number of halogens is 1. The second-order valence-electron chi connectivity index (χ2n) is 5.88. The Morgan fingerprint density at radius 2 is 2.04 bits per heavy atom. The predicted octanol–water partition coefficient (Wildman–Crippen LogP) is 4.38. The number of aromatic nitrogens is 2. The SMILES string of the molecule is CCCCN(C)C(=O)c1sc2nc(-c3ccc(F)cc3)cn2c1C. The molecular weight excluding hydrogens is 325 g/mol. The van der Waals surface area contributed by atoms with Gasteiger partial charge in [0.05, 0.1) is 5.69 Å². The fourth-order valence-corrected chi connectivity index (χ4v) is 3.68. The molecule has 0 radical (unpaired) electrons. The smallest absolute Gasteiger partial charge is 0.265 e. The Bertz CT molecular complexity index is 866. The second kappa shape index (κ2) is 6.73. The van der Waals surface area contributed by atoms with Crippen molar-refractivity contribution in [2.75, 3.05) is 13.6 Å². The lowest BCUT2D eigenvalue weighted by atomic mass is 10.2. The van der Waals surface area contributed by atoms with Crippen LogP contribution in [-0.4, -0.2) is 33.8 Å². The first-order valence-corrected chi connectivity index (χ1v) is 8.82. The van der Waals surface area contributed by atoms with Crippen molar-refractivity contribution in [1.82, 2.24) is 14.3 Å². The van der Waals surface area contributed by atoms with Gasteiger partial charge in [-0.25, -0.2) is 9.37 Å². The van der Waals surface area contributed by atoms with Crippen LogP contribution in [0.5, 0.6) is 0 Å². The quantitative estimate of drug-likeness (QED) is 0.688. The standard InChI is InChI=1S/C18H20FN3OS/c1-4-5-10-21(3)17(23)16-12(2)22-11-15(20-18(22)24-16)13-6-8-14(19)9-7-13/h6-9,11H,4-5,10H2,1-3H3. The van der Waals surface area contributed by atoms with E-state index >= 15 is 0 Å². The third kappa shape index (κ3) is 3.06. The van der Waals surface area contributed by atoms with Gasteiger partial charge in [-0.1, -0.05) is 24.7 Å². The predicted molar refractivity (Wildman–Crippen MR) is 95.1 cm³/mol. The molecular formula is C18H20FN3OS. The van der Waals surface area contributed by atoms with Gasteiger partial charge >= 0.3 is 0 Å². The van der Waals surface area contributed by atoms with Gasteiger partial charge in [0, 0.05) is 31.0 Å². The molecule has 126 valence electrons. The summed E-state index contributed by atoms with van der Waals surface area (Å²) in [6, 6.07) is 6.27. The molecule has 0 aliphatic heterocycles. The molecule has 4 nitrogen and oxygen atoms in total. The van der Waals surface area contributed by atoms with E-state index in [2.05, 4.69) is 11.9 Å². The van der Waals surface area contributed by atoms with Gasteiger partial charge in [0.15, 0.2) is 4.96 Å². The lowest BCUT2D eigenvalue weighted by Gasteiger charge is -2.15. The number of nitrogens with zero attached hydrogens (tertiary/aromatic N) is 3. The number of carbonyl (C=O) groups excluding carboxylic acids is 1. The average Bonchev–Trinajstić information content (AvgIpc) is 3.12. The Kier molecular flexibility index (Phi) is 4.66. The van der Waals surface area contributed by atoms with Crippen molar-refractivity contribution in [3.8, 4) is 11.3 Å². The highest BCUT2D eigenvalue weighted by Crippen LogP contribution is 2.28. The molecule has 0 unspecified atom stereocenters. The summed E-state index contributed by atoms with van der Waals surface area (Å²) in [6.45, 7) is 4.80. The first-order valence-electron chi connectivity index (χ1n) is 8.01. The van der Waals surface area contributed by atoms with E-state index < -0.39 is 0 Å². The number of carbonyl (C=O) groups is 1. The van der Waals surface area contributed by atoms with Gasteiger partial charge in [-0.15, -0.1) is 0 Å². The van der Waals surface area contributed by atoms with Crippen molar-refractivity contribution in [2.45, 2.75) is 26.7 Å². The van der Waals surface area contributed by atoms with Crippen LogP contribution in [-0.2, 0) is 0 Å². The third-order valence-electron chi connectivity index (χ3n) is 4.08. The van der Waals surface area contributed by atoms with Crippen LogP contribution < -0.4 is 0 Å². The van der Waals surface area contributed by atoms with Gasteiger partial charge in [0.25, 0.3) is 5.91 Å². The second-order valence-corrected chi connectivity index (χ2v) is 6.86. The highest BCUT2D eigenvalue weighted by atomic mass is 32.1. The van der Waals surface area contributed by atoms with Crippen molar-refractivity contribution in [1.29, 1.82) is 0 Å². The van der Waals surface area contributed by atoms with Crippen LogP contribution in [0.2, 0.25) is 0 Å². The zero-order valence-electron chi connectivity index (χ0n) is 14.0. The molecule has 0 fully saturated rings. The van der Waals surface area contributed by atoms with Crippen LogP contribution in [0.25, 0.3) is 16.2 Å². The van der Waals surface area contributed by atoms with Crippen molar-refractivity contribution < 1.29 is 9.18 Å². The molecule has 0 saturated heterocycles. The summed E-state index contributed by atoms with van der Waals surface area (Å²) in [7, 11) is 1.84. The number of unbranched alkanes of at least 4 members (excludes halogenated alkanes) is 1. The lowest BCUT2D eigenvalue weighted by molar-refractivity contribution is 0.0797. The van der Waals surface area contributed by atoms with Gasteiger partial charge in [-0.3, -0.25) is 9.20 Å². The highest BCUT2D eigenvalue weighted by Gasteiger charge is 2.20. The van der Waals surface area contributed by atoms with E-state index in [4.69, 9.17) is 0 Å². The maximum Gasteiger partial charge on any atom is 0.265 e. The number of amides is 1. The van der Waals surface area contributed by atoms with Gasteiger partial charge in [-0.2, -0.15) is 0 Å². The largest absolute Gasteiger partial charge is 0.341 e. The zero-order chi connectivity index (χ0) is 17.3. The Morgan fingerprint density at radius 1 is 1.33 bits per heavy atom. The van der Waals surface area contributed by atoms with Crippen LogP contribution in [0.3, 0.4) is 0 Å². The van der Waals surface area contributed by atoms with E-state index in [0.717, 1.165) is 46.2 Å². The molecule has 6 heteroatoms. The van der Waals surface area contributed by atoms with Gasteiger partial charge in [0.2, 0.25) is 0 Å². The summed E-state index contributed by atoms with van der Waals surface area (Å²) in [4.78, 5) is 20.4. The molecule has 0 aliphatic rings.